The molecule has 4 fully saturated rings. The number of aromatic nitrogens is 1. The van der Waals surface area contributed by atoms with Crippen molar-refractivity contribution in [2.45, 2.75) is 45.1 Å². The molecule has 4 aliphatic rings. The van der Waals surface area contributed by atoms with Crippen molar-refractivity contribution in [3.05, 3.63) is 59.9 Å². The molecule has 6 rings (SSSR count). The van der Waals surface area contributed by atoms with Crippen LogP contribution in [0, 0.1) is 23.2 Å². The van der Waals surface area contributed by atoms with Crippen molar-refractivity contribution in [2.24, 2.45) is 23.2 Å². The van der Waals surface area contributed by atoms with Crippen molar-refractivity contribution in [3.8, 4) is 0 Å². The van der Waals surface area contributed by atoms with E-state index in [0.29, 0.717) is 5.41 Å². The lowest BCUT2D eigenvalue weighted by molar-refractivity contribution is -0.0629. The van der Waals surface area contributed by atoms with Crippen LogP contribution in [0.4, 0.5) is 0 Å². The smallest absolute Gasteiger partial charge is 0.270 e. The van der Waals surface area contributed by atoms with Crippen LogP contribution >= 0.6 is 0 Å². The topological polar surface area (TPSA) is 25.2 Å². The van der Waals surface area contributed by atoms with Crippen LogP contribution in [0.15, 0.2) is 48.7 Å². The highest BCUT2D eigenvalue weighted by Gasteiger charge is 2.51. The molecule has 0 saturated heterocycles. The average molecular weight is 363 g/mol. The van der Waals surface area contributed by atoms with Crippen molar-refractivity contribution in [2.75, 3.05) is 13.6 Å². The number of hydrogen-bond acceptors (Lipinski definition) is 1. The average Bonchev–Trinajstić information content (AvgIpc) is 3.08. The van der Waals surface area contributed by atoms with Crippen molar-refractivity contribution in [1.29, 1.82) is 0 Å². The second kappa shape index (κ2) is 6.54. The van der Waals surface area contributed by atoms with Crippen molar-refractivity contribution >= 4 is 5.91 Å². The molecule has 0 atom stereocenters. The van der Waals surface area contributed by atoms with Crippen molar-refractivity contribution in [1.82, 2.24) is 9.47 Å². The Labute approximate surface area is 162 Å². The zero-order valence-corrected chi connectivity index (χ0v) is 16.3. The van der Waals surface area contributed by atoms with Gasteiger partial charge in [0, 0.05) is 26.3 Å². The molecule has 142 valence electrons. The Morgan fingerprint density at radius 2 is 1.63 bits per heavy atom. The minimum Gasteiger partial charge on any atom is -0.340 e. The van der Waals surface area contributed by atoms with Gasteiger partial charge >= 0.3 is 0 Å². The maximum Gasteiger partial charge on any atom is 0.270 e. The Morgan fingerprint density at radius 1 is 1.00 bits per heavy atom. The van der Waals surface area contributed by atoms with E-state index in [4.69, 9.17) is 0 Å². The molecule has 0 unspecified atom stereocenters. The van der Waals surface area contributed by atoms with Gasteiger partial charge in [0.1, 0.15) is 5.69 Å². The number of rotatable bonds is 5. The standard InChI is InChI=1S/C24H30N2O/c1-25(17-24-13-19-10-20(14-24)12-21(11-19)15-24)23(27)22-8-5-9-26(22)16-18-6-3-2-4-7-18/h2-9,19-21H,10-17H2,1H3. The number of hydrogen-bond donors (Lipinski definition) is 0. The molecule has 0 radical (unpaired) electrons. The molecule has 4 bridgehead atoms. The highest BCUT2D eigenvalue weighted by molar-refractivity contribution is 5.92. The molecule has 4 aliphatic carbocycles. The van der Waals surface area contributed by atoms with Crippen LogP contribution in [0.5, 0.6) is 0 Å². The molecule has 1 amide bonds. The molecule has 3 heteroatoms. The molecule has 0 N–H and O–H groups in total. The predicted octanol–water partition coefficient (Wildman–Crippen LogP) is 4.82. The summed E-state index contributed by atoms with van der Waals surface area (Å²) in [5.41, 5.74) is 2.44. The van der Waals surface area contributed by atoms with Gasteiger partial charge < -0.3 is 9.47 Å². The van der Waals surface area contributed by atoms with Crippen LogP contribution in [0.3, 0.4) is 0 Å². The van der Waals surface area contributed by atoms with Gasteiger partial charge in [0.25, 0.3) is 5.91 Å². The van der Waals surface area contributed by atoms with E-state index in [1.54, 1.807) is 0 Å². The second-order valence-corrected chi connectivity index (χ2v) is 9.59. The summed E-state index contributed by atoms with van der Waals surface area (Å²) in [6.45, 7) is 1.69. The fourth-order valence-corrected chi connectivity index (χ4v) is 6.78. The minimum atomic E-state index is 0.173. The number of carbonyl (C=O) groups is 1. The Hall–Kier alpha value is -2.03. The van der Waals surface area contributed by atoms with Gasteiger partial charge in [0.2, 0.25) is 0 Å². The van der Waals surface area contributed by atoms with E-state index in [0.717, 1.165) is 36.5 Å². The Balaban J connectivity index is 1.31. The third-order valence-electron chi connectivity index (χ3n) is 7.33. The first-order valence-electron chi connectivity index (χ1n) is 10.5. The van der Waals surface area contributed by atoms with Crippen LogP contribution in [-0.4, -0.2) is 29.0 Å². The summed E-state index contributed by atoms with van der Waals surface area (Å²) in [6.07, 6.45) is 10.4. The molecular weight excluding hydrogens is 332 g/mol. The third-order valence-corrected chi connectivity index (χ3v) is 7.33. The first-order valence-corrected chi connectivity index (χ1v) is 10.5. The molecule has 0 spiro atoms. The van der Waals surface area contributed by atoms with E-state index in [-0.39, 0.29) is 5.91 Å². The molecule has 2 aromatic rings. The molecule has 3 nitrogen and oxygen atoms in total. The van der Waals surface area contributed by atoms with Crippen LogP contribution < -0.4 is 0 Å². The Kier molecular flexibility index (Phi) is 4.14. The lowest BCUT2D eigenvalue weighted by Gasteiger charge is -2.57. The van der Waals surface area contributed by atoms with Crippen LogP contribution in [-0.2, 0) is 6.54 Å². The van der Waals surface area contributed by atoms with Crippen molar-refractivity contribution < 1.29 is 4.79 Å². The summed E-state index contributed by atoms with van der Waals surface area (Å²) >= 11 is 0. The number of carbonyl (C=O) groups excluding carboxylic acids is 1. The van der Waals surface area contributed by atoms with E-state index in [9.17, 15) is 4.79 Å². The molecule has 0 aliphatic heterocycles. The number of nitrogens with zero attached hydrogens (tertiary/aromatic N) is 2. The number of benzene rings is 1. The van der Waals surface area contributed by atoms with Gasteiger partial charge in [-0.25, -0.2) is 0 Å². The van der Waals surface area contributed by atoms with Gasteiger partial charge in [-0.15, -0.1) is 0 Å². The molecule has 27 heavy (non-hydrogen) atoms. The Morgan fingerprint density at radius 3 is 2.26 bits per heavy atom. The Bertz CT molecular complexity index is 787. The lowest BCUT2D eigenvalue weighted by atomic mass is 9.49. The molecule has 1 aromatic carbocycles. The molecule has 1 heterocycles. The fourth-order valence-electron chi connectivity index (χ4n) is 6.78. The zero-order valence-electron chi connectivity index (χ0n) is 16.3. The highest BCUT2D eigenvalue weighted by atomic mass is 16.2. The van der Waals surface area contributed by atoms with Crippen LogP contribution in [0.2, 0.25) is 0 Å². The fraction of sp³-hybridized carbons (Fsp3) is 0.542. The zero-order chi connectivity index (χ0) is 18.4. The summed E-state index contributed by atoms with van der Waals surface area (Å²) < 4.78 is 2.09. The minimum absolute atomic E-state index is 0.173. The first kappa shape index (κ1) is 17.1. The summed E-state index contributed by atoms with van der Waals surface area (Å²) in [5, 5.41) is 0. The maximum atomic E-state index is 13.2. The first-order chi connectivity index (χ1) is 13.1. The third kappa shape index (κ3) is 3.22. The summed E-state index contributed by atoms with van der Waals surface area (Å²) in [7, 11) is 2.01. The van der Waals surface area contributed by atoms with E-state index in [1.165, 1.54) is 44.1 Å². The molecular formula is C24H30N2O. The van der Waals surface area contributed by atoms with Crippen molar-refractivity contribution in [3.63, 3.8) is 0 Å². The molecule has 4 saturated carbocycles. The SMILES string of the molecule is CN(CC12CC3CC(CC(C3)C1)C2)C(=O)c1cccn1Cc1ccccc1. The normalized spacial score (nSPS) is 31.2. The molecule has 1 aromatic heterocycles. The quantitative estimate of drug-likeness (QED) is 0.748. The van der Waals surface area contributed by atoms with Crippen LogP contribution in [0.25, 0.3) is 0 Å². The maximum absolute atomic E-state index is 13.2. The van der Waals surface area contributed by atoms with Gasteiger partial charge in [-0.1, -0.05) is 30.3 Å². The van der Waals surface area contributed by atoms with Crippen LogP contribution in [0.1, 0.15) is 54.6 Å². The van der Waals surface area contributed by atoms with E-state index < -0.39 is 0 Å². The highest BCUT2D eigenvalue weighted by Crippen LogP contribution is 2.60. The van der Waals surface area contributed by atoms with E-state index in [1.807, 2.05) is 36.3 Å². The van der Waals surface area contributed by atoms with E-state index >= 15 is 0 Å². The summed E-state index contributed by atoms with van der Waals surface area (Å²) in [6, 6.07) is 14.3. The summed E-state index contributed by atoms with van der Waals surface area (Å²) in [5.74, 6) is 2.97. The van der Waals surface area contributed by atoms with Gasteiger partial charge in [0.15, 0.2) is 0 Å². The van der Waals surface area contributed by atoms with Gasteiger partial charge in [-0.2, -0.15) is 0 Å². The van der Waals surface area contributed by atoms with Gasteiger partial charge in [-0.05, 0) is 79.4 Å². The summed E-state index contributed by atoms with van der Waals surface area (Å²) in [4.78, 5) is 15.3. The number of amides is 1. The largest absolute Gasteiger partial charge is 0.340 e. The second-order valence-electron chi connectivity index (χ2n) is 9.59. The predicted molar refractivity (Wildman–Crippen MR) is 108 cm³/mol. The van der Waals surface area contributed by atoms with Gasteiger partial charge in [-0.3, -0.25) is 4.79 Å². The monoisotopic (exact) mass is 362 g/mol. The lowest BCUT2D eigenvalue weighted by Crippen LogP contribution is -2.51. The van der Waals surface area contributed by atoms with E-state index in [2.05, 4.69) is 28.8 Å². The van der Waals surface area contributed by atoms with Gasteiger partial charge in [0.05, 0.1) is 0 Å².